The number of aromatic nitrogens is 2. The molecule has 0 N–H and O–H groups in total. The van der Waals surface area contributed by atoms with E-state index in [-0.39, 0.29) is 0 Å². The van der Waals surface area contributed by atoms with Gasteiger partial charge in [0.05, 0.1) is 12.0 Å². The van der Waals surface area contributed by atoms with Gasteiger partial charge in [0.1, 0.15) is 0 Å². The van der Waals surface area contributed by atoms with Crippen LogP contribution in [0.4, 0.5) is 0 Å². The molecule has 0 aliphatic rings. The summed E-state index contributed by atoms with van der Waals surface area (Å²) in [4.78, 5) is 4.58. The summed E-state index contributed by atoms with van der Waals surface area (Å²) < 4.78 is 2.06. The summed E-state index contributed by atoms with van der Waals surface area (Å²) >= 11 is 0. The predicted molar refractivity (Wildman–Crippen MR) is 85.8 cm³/mol. The number of imidazole rings is 1. The lowest BCUT2D eigenvalue weighted by atomic mass is 9.95. The van der Waals surface area contributed by atoms with Crippen molar-refractivity contribution in [3.05, 3.63) is 83.4 Å². The van der Waals surface area contributed by atoms with Crippen molar-refractivity contribution in [2.45, 2.75) is 26.7 Å². The molecule has 105 valence electrons. The first kappa shape index (κ1) is 13.6. The largest absolute Gasteiger partial charge is 0.306 e. The molecular formula is C19H19N2. The van der Waals surface area contributed by atoms with Crippen molar-refractivity contribution in [2.75, 3.05) is 0 Å². The van der Waals surface area contributed by atoms with Gasteiger partial charge in [0.25, 0.3) is 0 Å². The molecule has 21 heavy (non-hydrogen) atoms. The van der Waals surface area contributed by atoms with E-state index in [1.54, 1.807) is 0 Å². The second kappa shape index (κ2) is 5.57. The molecule has 0 fully saturated rings. The Bertz CT molecular complexity index is 721. The molecule has 0 aliphatic carbocycles. The zero-order valence-corrected chi connectivity index (χ0v) is 12.7. The molecule has 3 aromatic rings. The summed E-state index contributed by atoms with van der Waals surface area (Å²) in [5, 5.41) is 0. The fourth-order valence-electron chi connectivity index (χ4n) is 2.68. The molecule has 0 saturated heterocycles. The molecule has 1 aromatic heterocycles. The first-order valence-corrected chi connectivity index (χ1v) is 7.22. The third kappa shape index (κ3) is 2.89. The van der Waals surface area contributed by atoms with Gasteiger partial charge < -0.3 is 4.57 Å². The Balaban J connectivity index is 1.92. The lowest BCUT2D eigenvalue weighted by Crippen LogP contribution is -1.98. The van der Waals surface area contributed by atoms with Crippen molar-refractivity contribution in [1.29, 1.82) is 0 Å². The molecule has 1 heterocycles. The highest BCUT2D eigenvalue weighted by Crippen LogP contribution is 2.25. The van der Waals surface area contributed by atoms with Gasteiger partial charge in [0, 0.05) is 17.8 Å². The number of hydrogen-bond donors (Lipinski definition) is 0. The third-order valence-corrected chi connectivity index (χ3v) is 3.79. The summed E-state index contributed by atoms with van der Waals surface area (Å²) in [5.41, 5.74) is 6.12. The number of benzene rings is 2. The van der Waals surface area contributed by atoms with Crippen LogP contribution in [0.25, 0.3) is 5.69 Å². The molecule has 0 bridgehead atoms. The van der Waals surface area contributed by atoms with Crippen molar-refractivity contribution < 1.29 is 0 Å². The van der Waals surface area contributed by atoms with Crippen LogP contribution in [0, 0.1) is 19.9 Å². The molecule has 0 saturated carbocycles. The number of aryl methyl sites for hydroxylation is 2. The van der Waals surface area contributed by atoms with Gasteiger partial charge in [0.15, 0.2) is 0 Å². The summed E-state index contributed by atoms with van der Waals surface area (Å²) in [5.74, 6) is 0.292. The Kier molecular flexibility index (Phi) is 3.61. The summed E-state index contributed by atoms with van der Waals surface area (Å²) in [7, 11) is 0. The minimum Gasteiger partial charge on any atom is -0.306 e. The number of hydrogen-bond acceptors (Lipinski definition) is 1. The molecule has 0 aliphatic heterocycles. The fourth-order valence-corrected chi connectivity index (χ4v) is 2.68. The molecule has 0 spiro atoms. The van der Waals surface area contributed by atoms with Gasteiger partial charge in [-0.25, -0.2) is 4.98 Å². The summed E-state index contributed by atoms with van der Waals surface area (Å²) in [6.45, 7) is 6.49. The van der Waals surface area contributed by atoms with Crippen molar-refractivity contribution in [1.82, 2.24) is 9.55 Å². The van der Waals surface area contributed by atoms with Gasteiger partial charge in [-0.2, -0.15) is 0 Å². The minimum absolute atomic E-state index is 0.292. The lowest BCUT2D eigenvalue weighted by molar-refractivity contribution is 0.878. The van der Waals surface area contributed by atoms with E-state index in [0.29, 0.717) is 5.92 Å². The highest BCUT2D eigenvalue weighted by atomic mass is 15.0. The molecule has 2 nitrogen and oxygen atoms in total. The van der Waals surface area contributed by atoms with E-state index in [2.05, 4.69) is 60.8 Å². The van der Waals surface area contributed by atoms with E-state index in [9.17, 15) is 0 Å². The molecule has 1 atom stereocenters. The number of rotatable bonds is 3. The van der Waals surface area contributed by atoms with E-state index >= 15 is 0 Å². The molecule has 3 rings (SSSR count). The minimum atomic E-state index is 0.292. The third-order valence-electron chi connectivity index (χ3n) is 3.79. The van der Waals surface area contributed by atoms with Crippen LogP contribution in [0.15, 0.2) is 55.0 Å². The highest BCUT2D eigenvalue weighted by Gasteiger charge is 2.12. The zero-order chi connectivity index (χ0) is 14.8. The topological polar surface area (TPSA) is 17.8 Å². The maximum atomic E-state index is 4.58. The normalized spacial score (nSPS) is 12.3. The Hall–Kier alpha value is -2.35. The lowest BCUT2D eigenvalue weighted by Gasteiger charge is -2.11. The SMILES string of the molecule is Cc1cc(C)cc([C@H](C)c2cn(-c3cc[c]cc3)cn2)c1. The molecule has 2 aromatic carbocycles. The van der Waals surface area contributed by atoms with E-state index in [4.69, 9.17) is 0 Å². The van der Waals surface area contributed by atoms with Crippen LogP contribution in [-0.4, -0.2) is 9.55 Å². The summed E-state index contributed by atoms with van der Waals surface area (Å²) in [6, 6.07) is 17.6. The Morgan fingerprint density at radius 3 is 2.38 bits per heavy atom. The van der Waals surface area contributed by atoms with Crippen LogP contribution in [0.1, 0.15) is 35.2 Å². The maximum Gasteiger partial charge on any atom is 0.0995 e. The van der Waals surface area contributed by atoms with E-state index in [1.807, 2.05) is 30.6 Å². The Morgan fingerprint density at radius 1 is 1.05 bits per heavy atom. The van der Waals surface area contributed by atoms with Crippen LogP contribution >= 0.6 is 0 Å². The van der Waals surface area contributed by atoms with Gasteiger partial charge in [-0.15, -0.1) is 0 Å². The van der Waals surface area contributed by atoms with Gasteiger partial charge in [0.2, 0.25) is 0 Å². The predicted octanol–water partition coefficient (Wildman–Crippen LogP) is 4.44. The number of nitrogens with zero attached hydrogens (tertiary/aromatic N) is 2. The van der Waals surface area contributed by atoms with Gasteiger partial charge in [-0.1, -0.05) is 48.4 Å². The van der Waals surface area contributed by atoms with E-state index in [0.717, 1.165) is 11.4 Å². The quantitative estimate of drug-likeness (QED) is 0.691. The Labute approximate surface area is 126 Å². The smallest absolute Gasteiger partial charge is 0.0995 e. The molecule has 1 radical (unpaired) electrons. The standard InChI is InChI=1S/C19H19N2/c1-14-9-15(2)11-17(10-14)16(3)19-12-21(13-20-19)18-7-5-4-6-8-18/h5-13,16H,1-3H3/t16-/m0/s1. The molecule has 0 amide bonds. The average molecular weight is 275 g/mol. The first-order chi connectivity index (χ1) is 10.1. The maximum absolute atomic E-state index is 4.58. The van der Waals surface area contributed by atoms with Crippen molar-refractivity contribution in [3.63, 3.8) is 0 Å². The zero-order valence-electron chi connectivity index (χ0n) is 12.7. The van der Waals surface area contributed by atoms with Gasteiger partial charge in [-0.3, -0.25) is 0 Å². The van der Waals surface area contributed by atoms with Crippen LogP contribution in [-0.2, 0) is 0 Å². The van der Waals surface area contributed by atoms with E-state index < -0.39 is 0 Å². The van der Waals surface area contributed by atoms with Crippen LogP contribution in [0.2, 0.25) is 0 Å². The molecule has 2 heteroatoms. The van der Waals surface area contributed by atoms with E-state index in [1.165, 1.54) is 16.7 Å². The van der Waals surface area contributed by atoms with Crippen molar-refractivity contribution in [2.24, 2.45) is 0 Å². The average Bonchev–Trinajstić information content (AvgIpc) is 2.96. The monoisotopic (exact) mass is 275 g/mol. The fraction of sp³-hybridized carbons (Fsp3) is 0.211. The van der Waals surface area contributed by atoms with Crippen LogP contribution in [0.3, 0.4) is 0 Å². The van der Waals surface area contributed by atoms with Crippen LogP contribution in [0.5, 0.6) is 0 Å². The van der Waals surface area contributed by atoms with Crippen molar-refractivity contribution in [3.8, 4) is 5.69 Å². The van der Waals surface area contributed by atoms with Gasteiger partial charge in [-0.05, 0) is 37.6 Å². The highest BCUT2D eigenvalue weighted by molar-refractivity contribution is 5.36. The van der Waals surface area contributed by atoms with Crippen molar-refractivity contribution >= 4 is 0 Å². The second-order valence-electron chi connectivity index (χ2n) is 5.61. The molecule has 0 unspecified atom stereocenters. The first-order valence-electron chi connectivity index (χ1n) is 7.22. The van der Waals surface area contributed by atoms with Gasteiger partial charge >= 0.3 is 0 Å². The summed E-state index contributed by atoms with van der Waals surface area (Å²) in [6.07, 6.45) is 3.99. The van der Waals surface area contributed by atoms with Crippen LogP contribution < -0.4 is 0 Å². The second-order valence-corrected chi connectivity index (χ2v) is 5.61. The Morgan fingerprint density at radius 2 is 1.71 bits per heavy atom. The molecular weight excluding hydrogens is 256 g/mol.